The summed E-state index contributed by atoms with van der Waals surface area (Å²) in [6, 6.07) is 7.63. The third-order valence-corrected chi connectivity index (χ3v) is 3.87. The van der Waals surface area contributed by atoms with Crippen LogP contribution in [0.1, 0.15) is 18.1 Å². The summed E-state index contributed by atoms with van der Waals surface area (Å²) in [5.41, 5.74) is 9.98. The fraction of sp³-hybridized carbons (Fsp3) is 0.600. The van der Waals surface area contributed by atoms with Crippen molar-refractivity contribution < 1.29 is 0 Å². The lowest BCUT2D eigenvalue weighted by Gasteiger charge is -2.46. The number of hydrogen-bond acceptors (Lipinski definition) is 3. The fourth-order valence-corrected chi connectivity index (χ4v) is 3.14. The smallest absolute Gasteiger partial charge is 0.0542 e. The molecule has 2 unspecified atom stereocenters. The molecule has 0 saturated carbocycles. The summed E-state index contributed by atoms with van der Waals surface area (Å²) >= 11 is 0. The number of hydrogen-bond donors (Lipinski definition) is 1. The maximum atomic E-state index is 5.97. The summed E-state index contributed by atoms with van der Waals surface area (Å²) in [4.78, 5) is 4.89. The van der Waals surface area contributed by atoms with Gasteiger partial charge in [0.2, 0.25) is 0 Å². The van der Waals surface area contributed by atoms with Crippen molar-refractivity contribution in [2.75, 3.05) is 31.6 Å². The van der Waals surface area contributed by atoms with Crippen molar-refractivity contribution in [3.8, 4) is 0 Å². The van der Waals surface area contributed by atoms with Crippen LogP contribution in [-0.2, 0) is 0 Å². The predicted molar refractivity (Wildman–Crippen MR) is 78.2 cm³/mol. The van der Waals surface area contributed by atoms with Gasteiger partial charge >= 0.3 is 0 Å². The number of nitrogens with two attached hydrogens (primary N) is 1. The molecule has 1 saturated heterocycles. The molecular formula is C15H25N3. The molecule has 0 aromatic heterocycles. The van der Waals surface area contributed by atoms with Gasteiger partial charge in [0, 0.05) is 31.4 Å². The first-order valence-electron chi connectivity index (χ1n) is 6.77. The van der Waals surface area contributed by atoms with Crippen LogP contribution < -0.4 is 10.6 Å². The summed E-state index contributed by atoms with van der Waals surface area (Å²) in [5, 5.41) is 0. The largest absolute Gasteiger partial charge is 0.362 e. The molecule has 1 aliphatic heterocycles. The topological polar surface area (TPSA) is 32.5 Å². The summed E-state index contributed by atoms with van der Waals surface area (Å²) in [7, 11) is 2.18. The highest BCUT2D eigenvalue weighted by Gasteiger charge is 2.30. The van der Waals surface area contributed by atoms with Gasteiger partial charge in [0.15, 0.2) is 0 Å². The van der Waals surface area contributed by atoms with Gasteiger partial charge in [-0.25, -0.2) is 0 Å². The van der Waals surface area contributed by atoms with Crippen LogP contribution in [0.3, 0.4) is 0 Å². The number of benzene rings is 1. The molecular weight excluding hydrogens is 222 g/mol. The van der Waals surface area contributed by atoms with Crippen molar-refractivity contribution in [2.24, 2.45) is 5.73 Å². The Hall–Kier alpha value is -1.06. The number of aryl methyl sites for hydroxylation is 2. The molecule has 1 aromatic rings. The Morgan fingerprint density at radius 1 is 1.28 bits per heavy atom. The van der Waals surface area contributed by atoms with E-state index in [2.05, 4.69) is 55.8 Å². The number of rotatable bonds is 2. The first-order valence-corrected chi connectivity index (χ1v) is 6.77. The van der Waals surface area contributed by atoms with Crippen molar-refractivity contribution in [1.29, 1.82) is 0 Å². The standard InChI is InChI=1S/C15H25N3/c1-11-5-6-15(12(2)7-11)18-13(3)9-17(4)10-14(18)8-16/h5-7,13-14H,8-10,16H2,1-4H3. The highest BCUT2D eigenvalue weighted by atomic mass is 15.3. The van der Waals surface area contributed by atoms with Crippen molar-refractivity contribution >= 4 is 5.69 Å². The molecule has 0 aliphatic carbocycles. The van der Waals surface area contributed by atoms with Gasteiger partial charge in [0.05, 0.1) is 6.04 Å². The SMILES string of the molecule is Cc1ccc(N2C(C)CN(C)CC2CN)c(C)c1. The molecule has 2 rings (SSSR count). The number of piperazine rings is 1. The van der Waals surface area contributed by atoms with Crippen LogP contribution in [0.5, 0.6) is 0 Å². The molecule has 0 radical (unpaired) electrons. The fourth-order valence-electron chi connectivity index (χ4n) is 3.14. The first kappa shape index (κ1) is 13.4. The maximum Gasteiger partial charge on any atom is 0.0542 e. The van der Waals surface area contributed by atoms with Gasteiger partial charge in [-0.15, -0.1) is 0 Å². The summed E-state index contributed by atoms with van der Waals surface area (Å²) in [6.45, 7) is 9.49. The van der Waals surface area contributed by atoms with Gasteiger partial charge in [0.25, 0.3) is 0 Å². The number of likely N-dealkylation sites (N-methyl/N-ethyl adjacent to an activating group) is 1. The summed E-state index contributed by atoms with van der Waals surface area (Å²) < 4.78 is 0. The van der Waals surface area contributed by atoms with E-state index in [1.54, 1.807) is 0 Å². The first-order chi connectivity index (χ1) is 8.52. The second kappa shape index (κ2) is 5.29. The molecule has 2 atom stereocenters. The summed E-state index contributed by atoms with van der Waals surface area (Å²) in [6.07, 6.45) is 0. The van der Waals surface area contributed by atoms with E-state index >= 15 is 0 Å². The lowest BCUT2D eigenvalue weighted by molar-refractivity contribution is 0.234. The Kier molecular flexibility index (Phi) is 3.93. The predicted octanol–water partition coefficient (Wildman–Crippen LogP) is 1.77. The van der Waals surface area contributed by atoms with Crippen molar-refractivity contribution in [3.05, 3.63) is 29.3 Å². The number of anilines is 1. The highest BCUT2D eigenvalue weighted by Crippen LogP contribution is 2.27. The van der Waals surface area contributed by atoms with Gasteiger partial charge in [0.1, 0.15) is 0 Å². The van der Waals surface area contributed by atoms with E-state index in [4.69, 9.17) is 5.73 Å². The quantitative estimate of drug-likeness (QED) is 0.864. The zero-order chi connectivity index (χ0) is 13.3. The normalized spacial score (nSPS) is 25.5. The van der Waals surface area contributed by atoms with Crippen LogP contribution in [0.15, 0.2) is 18.2 Å². The minimum Gasteiger partial charge on any atom is -0.362 e. The maximum absolute atomic E-state index is 5.97. The molecule has 1 fully saturated rings. The lowest BCUT2D eigenvalue weighted by Crippen LogP contribution is -2.59. The van der Waals surface area contributed by atoms with Crippen LogP contribution in [0.25, 0.3) is 0 Å². The van der Waals surface area contributed by atoms with Crippen LogP contribution in [0, 0.1) is 13.8 Å². The molecule has 1 heterocycles. The van der Waals surface area contributed by atoms with E-state index in [9.17, 15) is 0 Å². The Labute approximate surface area is 111 Å². The molecule has 0 amide bonds. The Bertz CT molecular complexity index is 416. The van der Waals surface area contributed by atoms with Crippen molar-refractivity contribution in [3.63, 3.8) is 0 Å². The zero-order valence-electron chi connectivity index (χ0n) is 12.0. The molecule has 3 nitrogen and oxygen atoms in total. The molecule has 0 bridgehead atoms. The second-order valence-corrected chi connectivity index (χ2v) is 5.66. The van der Waals surface area contributed by atoms with Crippen molar-refractivity contribution in [1.82, 2.24) is 4.90 Å². The van der Waals surface area contributed by atoms with Crippen LogP contribution >= 0.6 is 0 Å². The van der Waals surface area contributed by atoms with E-state index in [1.807, 2.05) is 0 Å². The Morgan fingerprint density at radius 3 is 2.61 bits per heavy atom. The van der Waals surface area contributed by atoms with E-state index in [-0.39, 0.29) is 0 Å². The highest BCUT2D eigenvalue weighted by molar-refractivity contribution is 5.56. The van der Waals surface area contributed by atoms with Gasteiger partial charge in [-0.1, -0.05) is 17.7 Å². The monoisotopic (exact) mass is 247 g/mol. The molecule has 2 N–H and O–H groups in total. The second-order valence-electron chi connectivity index (χ2n) is 5.66. The average Bonchev–Trinajstić information content (AvgIpc) is 2.29. The van der Waals surface area contributed by atoms with Gasteiger partial charge in [-0.3, -0.25) is 0 Å². The van der Waals surface area contributed by atoms with Crippen LogP contribution in [0.2, 0.25) is 0 Å². The Balaban J connectivity index is 2.34. The zero-order valence-corrected chi connectivity index (χ0v) is 12.0. The van der Waals surface area contributed by atoms with Gasteiger partial charge in [-0.05, 0) is 39.4 Å². The third-order valence-electron chi connectivity index (χ3n) is 3.87. The van der Waals surface area contributed by atoms with Crippen LogP contribution in [0.4, 0.5) is 5.69 Å². The Morgan fingerprint density at radius 2 is 2.00 bits per heavy atom. The van der Waals surface area contributed by atoms with Gasteiger partial charge in [-0.2, -0.15) is 0 Å². The molecule has 18 heavy (non-hydrogen) atoms. The van der Waals surface area contributed by atoms with Gasteiger partial charge < -0.3 is 15.5 Å². The number of nitrogens with zero attached hydrogens (tertiary/aromatic N) is 2. The van der Waals surface area contributed by atoms with E-state index in [0.717, 1.165) is 13.1 Å². The lowest BCUT2D eigenvalue weighted by atomic mass is 10.0. The minimum absolute atomic E-state index is 0.417. The molecule has 3 heteroatoms. The van der Waals surface area contributed by atoms with Crippen LogP contribution in [-0.4, -0.2) is 43.7 Å². The van der Waals surface area contributed by atoms with Crippen molar-refractivity contribution in [2.45, 2.75) is 32.9 Å². The minimum atomic E-state index is 0.417. The average molecular weight is 247 g/mol. The molecule has 0 spiro atoms. The molecule has 1 aliphatic rings. The van der Waals surface area contributed by atoms with E-state index < -0.39 is 0 Å². The molecule has 1 aromatic carbocycles. The third kappa shape index (κ3) is 2.52. The molecule has 100 valence electrons. The summed E-state index contributed by atoms with van der Waals surface area (Å²) in [5.74, 6) is 0. The van der Waals surface area contributed by atoms with E-state index in [0.29, 0.717) is 18.6 Å². The van der Waals surface area contributed by atoms with E-state index in [1.165, 1.54) is 16.8 Å².